The average molecular weight is 278 g/mol. The van der Waals surface area contributed by atoms with E-state index in [0.717, 1.165) is 24.5 Å². The van der Waals surface area contributed by atoms with E-state index in [4.69, 9.17) is 15.2 Å². The molecule has 1 atom stereocenters. The molecule has 2 N–H and O–H groups in total. The zero-order valence-electron chi connectivity index (χ0n) is 12.8. The summed E-state index contributed by atoms with van der Waals surface area (Å²) in [6.45, 7) is 5.92. The summed E-state index contributed by atoms with van der Waals surface area (Å²) in [4.78, 5) is 2.41. The molecule has 1 heterocycles. The lowest BCUT2D eigenvalue weighted by Crippen LogP contribution is -2.26. The molecule has 0 aliphatic carbocycles. The Kier molecular flexibility index (Phi) is 5.12. The third-order valence-electron chi connectivity index (χ3n) is 3.67. The SMILES string of the molecule is CC(C)Oc1cc(N)cc(OCCC2CCCN2C)c1. The second-order valence-corrected chi connectivity index (χ2v) is 5.82. The van der Waals surface area contributed by atoms with E-state index in [0.29, 0.717) is 11.7 Å². The van der Waals surface area contributed by atoms with Gasteiger partial charge in [0.2, 0.25) is 0 Å². The molecule has 0 spiro atoms. The van der Waals surface area contributed by atoms with Crippen LogP contribution in [0.3, 0.4) is 0 Å². The Morgan fingerprint density at radius 3 is 2.70 bits per heavy atom. The highest BCUT2D eigenvalue weighted by Crippen LogP contribution is 2.26. The molecule has 20 heavy (non-hydrogen) atoms. The fourth-order valence-corrected chi connectivity index (χ4v) is 2.67. The second-order valence-electron chi connectivity index (χ2n) is 5.82. The molecule has 1 aliphatic rings. The van der Waals surface area contributed by atoms with Crippen LogP contribution in [0.15, 0.2) is 18.2 Å². The first-order chi connectivity index (χ1) is 9.54. The smallest absolute Gasteiger partial charge is 0.125 e. The Balaban J connectivity index is 1.87. The maximum Gasteiger partial charge on any atom is 0.125 e. The maximum atomic E-state index is 5.88. The number of likely N-dealkylation sites (tertiary alicyclic amines) is 1. The Morgan fingerprint density at radius 1 is 1.30 bits per heavy atom. The fourth-order valence-electron chi connectivity index (χ4n) is 2.67. The summed E-state index contributed by atoms with van der Waals surface area (Å²) in [5.41, 5.74) is 6.56. The number of benzene rings is 1. The Bertz CT molecular complexity index is 434. The van der Waals surface area contributed by atoms with Crippen molar-refractivity contribution in [2.45, 2.75) is 45.3 Å². The van der Waals surface area contributed by atoms with Crippen molar-refractivity contribution in [3.63, 3.8) is 0 Å². The third-order valence-corrected chi connectivity index (χ3v) is 3.67. The van der Waals surface area contributed by atoms with E-state index in [9.17, 15) is 0 Å². The highest BCUT2D eigenvalue weighted by atomic mass is 16.5. The highest BCUT2D eigenvalue weighted by molar-refractivity contribution is 5.50. The summed E-state index contributed by atoms with van der Waals surface area (Å²) in [6, 6.07) is 6.25. The Labute approximate surface area is 121 Å². The van der Waals surface area contributed by atoms with Crippen LogP contribution in [0.2, 0.25) is 0 Å². The van der Waals surface area contributed by atoms with Crippen molar-refractivity contribution in [2.24, 2.45) is 0 Å². The number of rotatable bonds is 6. The number of nitrogens with two attached hydrogens (primary N) is 1. The number of anilines is 1. The van der Waals surface area contributed by atoms with Gasteiger partial charge in [-0.3, -0.25) is 0 Å². The predicted octanol–water partition coefficient (Wildman–Crippen LogP) is 2.92. The van der Waals surface area contributed by atoms with Gasteiger partial charge in [0.15, 0.2) is 0 Å². The molecule has 0 saturated carbocycles. The largest absolute Gasteiger partial charge is 0.493 e. The molecular formula is C16H26N2O2. The lowest BCUT2D eigenvalue weighted by atomic mass is 10.1. The molecule has 0 bridgehead atoms. The Hall–Kier alpha value is -1.42. The summed E-state index contributed by atoms with van der Waals surface area (Å²) in [7, 11) is 2.19. The van der Waals surface area contributed by atoms with Crippen molar-refractivity contribution in [3.8, 4) is 11.5 Å². The van der Waals surface area contributed by atoms with E-state index in [2.05, 4.69) is 11.9 Å². The van der Waals surface area contributed by atoms with Crippen LogP contribution in [0.5, 0.6) is 11.5 Å². The molecular weight excluding hydrogens is 252 g/mol. The van der Waals surface area contributed by atoms with Gasteiger partial charge in [0.05, 0.1) is 12.7 Å². The van der Waals surface area contributed by atoms with Crippen LogP contribution in [0, 0.1) is 0 Å². The molecule has 4 heteroatoms. The Morgan fingerprint density at radius 2 is 2.05 bits per heavy atom. The number of ether oxygens (including phenoxy) is 2. The summed E-state index contributed by atoms with van der Waals surface area (Å²) in [6.07, 6.45) is 3.77. The van der Waals surface area contributed by atoms with Crippen molar-refractivity contribution in [1.82, 2.24) is 4.90 Å². The van der Waals surface area contributed by atoms with Crippen LogP contribution in [0.25, 0.3) is 0 Å². The molecule has 1 aromatic rings. The first-order valence-electron chi connectivity index (χ1n) is 7.45. The van der Waals surface area contributed by atoms with Crippen molar-refractivity contribution < 1.29 is 9.47 Å². The second kappa shape index (κ2) is 6.84. The average Bonchev–Trinajstić information content (AvgIpc) is 2.73. The molecule has 0 aromatic heterocycles. The summed E-state index contributed by atoms with van der Waals surface area (Å²) < 4.78 is 11.5. The summed E-state index contributed by atoms with van der Waals surface area (Å²) in [5, 5.41) is 0. The van der Waals surface area contributed by atoms with Gasteiger partial charge in [-0.2, -0.15) is 0 Å². The zero-order valence-corrected chi connectivity index (χ0v) is 12.8. The number of hydrogen-bond donors (Lipinski definition) is 1. The number of nitrogen functional groups attached to an aromatic ring is 1. The fraction of sp³-hybridized carbons (Fsp3) is 0.625. The van der Waals surface area contributed by atoms with Crippen molar-refractivity contribution in [2.75, 3.05) is 25.9 Å². The van der Waals surface area contributed by atoms with E-state index >= 15 is 0 Å². The molecule has 1 unspecified atom stereocenters. The van der Waals surface area contributed by atoms with Gasteiger partial charge in [-0.25, -0.2) is 0 Å². The number of hydrogen-bond acceptors (Lipinski definition) is 4. The van der Waals surface area contributed by atoms with Gasteiger partial charge in [-0.15, -0.1) is 0 Å². The minimum absolute atomic E-state index is 0.136. The third kappa shape index (κ3) is 4.30. The molecule has 1 saturated heterocycles. The minimum atomic E-state index is 0.136. The quantitative estimate of drug-likeness (QED) is 0.813. The molecule has 0 amide bonds. The van der Waals surface area contributed by atoms with E-state index in [1.165, 1.54) is 19.4 Å². The van der Waals surface area contributed by atoms with E-state index < -0.39 is 0 Å². The molecule has 4 nitrogen and oxygen atoms in total. The lowest BCUT2D eigenvalue weighted by Gasteiger charge is -2.19. The normalized spacial score (nSPS) is 19.5. The summed E-state index contributed by atoms with van der Waals surface area (Å²) in [5.74, 6) is 1.56. The monoisotopic (exact) mass is 278 g/mol. The number of nitrogens with zero attached hydrogens (tertiary/aromatic N) is 1. The predicted molar refractivity (Wildman–Crippen MR) is 82.4 cm³/mol. The summed E-state index contributed by atoms with van der Waals surface area (Å²) >= 11 is 0. The van der Waals surface area contributed by atoms with Crippen LogP contribution >= 0.6 is 0 Å². The van der Waals surface area contributed by atoms with Gasteiger partial charge in [0, 0.05) is 29.9 Å². The molecule has 2 rings (SSSR count). The molecule has 0 radical (unpaired) electrons. The van der Waals surface area contributed by atoms with Gasteiger partial charge < -0.3 is 20.1 Å². The van der Waals surface area contributed by atoms with Crippen molar-refractivity contribution >= 4 is 5.69 Å². The first kappa shape index (κ1) is 15.0. The standard InChI is InChI=1S/C16H26N2O2/c1-12(2)20-16-10-13(17)9-15(11-16)19-8-6-14-5-4-7-18(14)3/h9-12,14H,4-8,17H2,1-3H3. The van der Waals surface area contributed by atoms with Crippen molar-refractivity contribution in [3.05, 3.63) is 18.2 Å². The molecule has 112 valence electrons. The molecule has 1 fully saturated rings. The van der Waals surface area contributed by atoms with E-state index in [-0.39, 0.29) is 6.10 Å². The van der Waals surface area contributed by atoms with Gasteiger partial charge in [0.25, 0.3) is 0 Å². The van der Waals surface area contributed by atoms with Crippen LogP contribution < -0.4 is 15.2 Å². The van der Waals surface area contributed by atoms with E-state index in [1.54, 1.807) is 0 Å². The van der Waals surface area contributed by atoms with Crippen molar-refractivity contribution in [1.29, 1.82) is 0 Å². The van der Waals surface area contributed by atoms with Crippen LogP contribution in [-0.2, 0) is 0 Å². The topological polar surface area (TPSA) is 47.7 Å². The lowest BCUT2D eigenvalue weighted by molar-refractivity contribution is 0.227. The van der Waals surface area contributed by atoms with Crippen LogP contribution in [0.4, 0.5) is 5.69 Å². The van der Waals surface area contributed by atoms with Gasteiger partial charge in [0.1, 0.15) is 11.5 Å². The minimum Gasteiger partial charge on any atom is -0.493 e. The molecule has 1 aromatic carbocycles. The van der Waals surface area contributed by atoms with Crippen LogP contribution in [-0.4, -0.2) is 37.2 Å². The van der Waals surface area contributed by atoms with Gasteiger partial charge in [-0.1, -0.05) is 0 Å². The van der Waals surface area contributed by atoms with Gasteiger partial charge in [-0.05, 0) is 46.7 Å². The van der Waals surface area contributed by atoms with Gasteiger partial charge >= 0.3 is 0 Å². The molecule has 1 aliphatic heterocycles. The zero-order chi connectivity index (χ0) is 14.5. The first-order valence-corrected chi connectivity index (χ1v) is 7.45. The van der Waals surface area contributed by atoms with Crippen LogP contribution in [0.1, 0.15) is 33.1 Å². The van der Waals surface area contributed by atoms with E-state index in [1.807, 2.05) is 32.0 Å². The maximum absolute atomic E-state index is 5.88. The highest BCUT2D eigenvalue weighted by Gasteiger charge is 2.20.